The third kappa shape index (κ3) is 3.64. The summed E-state index contributed by atoms with van der Waals surface area (Å²) in [4.78, 5) is 17.3. The zero-order valence-corrected chi connectivity index (χ0v) is 14.2. The largest absolute Gasteiger partial charge is 0.392 e. The minimum Gasteiger partial charge on any atom is -0.392 e. The summed E-state index contributed by atoms with van der Waals surface area (Å²) in [5, 5.41) is 24.8. The van der Waals surface area contributed by atoms with Gasteiger partial charge in [0.25, 0.3) is 0 Å². The van der Waals surface area contributed by atoms with E-state index < -0.39 is 6.10 Å². The highest BCUT2D eigenvalue weighted by Gasteiger charge is 2.28. The van der Waals surface area contributed by atoms with Gasteiger partial charge in [-0.15, -0.1) is 11.3 Å². The van der Waals surface area contributed by atoms with E-state index in [1.165, 1.54) is 11.3 Å². The van der Waals surface area contributed by atoms with Crippen LogP contribution < -0.4 is 10.6 Å². The van der Waals surface area contributed by atoms with E-state index in [1.54, 1.807) is 5.51 Å². The number of carbonyl (C=O) groups is 1. The van der Waals surface area contributed by atoms with E-state index in [1.807, 2.05) is 31.2 Å². The lowest BCUT2D eigenvalue weighted by molar-refractivity contribution is -0.123. The van der Waals surface area contributed by atoms with Gasteiger partial charge in [0.05, 0.1) is 40.9 Å². The number of nitrogens with one attached hydrogen (secondary N) is 2. The van der Waals surface area contributed by atoms with Crippen molar-refractivity contribution in [2.24, 2.45) is 0 Å². The number of aliphatic hydroxyl groups is 2. The normalized spacial score (nSPS) is 21.6. The predicted octanol–water partition coefficient (Wildman–Crippen LogP) is 1.20. The maximum atomic E-state index is 12.2. The van der Waals surface area contributed by atoms with Crippen LogP contribution in [0, 0.1) is 0 Å². The fraction of sp³-hybridized carbons (Fsp3) is 0.412. The Morgan fingerprint density at radius 2 is 2.21 bits per heavy atom. The Hall–Kier alpha value is -1.80. The second-order valence-electron chi connectivity index (χ2n) is 5.99. The van der Waals surface area contributed by atoms with Crippen LogP contribution in [0.3, 0.4) is 0 Å². The van der Waals surface area contributed by atoms with Gasteiger partial charge in [-0.05, 0) is 24.5 Å². The van der Waals surface area contributed by atoms with Gasteiger partial charge in [0, 0.05) is 6.54 Å². The Morgan fingerprint density at radius 1 is 1.46 bits per heavy atom. The number of amides is 1. The van der Waals surface area contributed by atoms with Gasteiger partial charge in [-0.3, -0.25) is 4.79 Å². The molecule has 4 N–H and O–H groups in total. The molecule has 1 aliphatic heterocycles. The summed E-state index contributed by atoms with van der Waals surface area (Å²) in [7, 11) is 0. The zero-order valence-electron chi connectivity index (χ0n) is 13.4. The number of β-amino-alcohol motifs (C(OH)–C–C–N with tert-alkyl or cyclic N) is 1. The van der Waals surface area contributed by atoms with Gasteiger partial charge < -0.3 is 20.8 Å². The fourth-order valence-electron chi connectivity index (χ4n) is 2.85. The Morgan fingerprint density at radius 3 is 2.83 bits per heavy atom. The summed E-state index contributed by atoms with van der Waals surface area (Å²) in [5.74, 6) is -0.0897. The van der Waals surface area contributed by atoms with Gasteiger partial charge in [0.15, 0.2) is 0 Å². The van der Waals surface area contributed by atoms with E-state index in [0.717, 1.165) is 16.0 Å². The highest BCUT2D eigenvalue weighted by molar-refractivity contribution is 7.13. The van der Waals surface area contributed by atoms with Gasteiger partial charge >= 0.3 is 0 Å². The van der Waals surface area contributed by atoms with Crippen molar-refractivity contribution in [2.45, 2.75) is 38.1 Å². The molecule has 1 aromatic carbocycles. The van der Waals surface area contributed by atoms with Crippen molar-refractivity contribution in [3.63, 3.8) is 0 Å². The second-order valence-corrected chi connectivity index (χ2v) is 6.84. The van der Waals surface area contributed by atoms with E-state index >= 15 is 0 Å². The number of aliphatic hydroxyl groups excluding tert-OH is 2. The first-order valence-corrected chi connectivity index (χ1v) is 8.82. The first-order valence-electron chi connectivity index (χ1n) is 7.94. The summed E-state index contributed by atoms with van der Waals surface area (Å²) in [6.45, 7) is 2.32. The first-order chi connectivity index (χ1) is 11.6. The Labute approximate surface area is 144 Å². The molecule has 6 nitrogen and oxygen atoms in total. The highest BCUT2D eigenvalue weighted by Crippen LogP contribution is 2.28. The third-order valence-corrected chi connectivity index (χ3v) is 5.16. The van der Waals surface area contributed by atoms with Gasteiger partial charge in [0.1, 0.15) is 0 Å². The SMILES string of the molecule is C[C@H](NC(=O)C1CC(O)CN1)c1ccc(-c2scnc2CO)cc1. The second kappa shape index (κ2) is 7.40. The maximum Gasteiger partial charge on any atom is 0.237 e. The number of rotatable bonds is 5. The van der Waals surface area contributed by atoms with E-state index in [-0.39, 0.29) is 24.6 Å². The molecule has 2 unspecified atom stereocenters. The molecule has 1 fully saturated rings. The molecule has 0 radical (unpaired) electrons. The molecular weight excluding hydrogens is 326 g/mol. The number of hydrogen-bond donors (Lipinski definition) is 4. The van der Waals surface area contributed by atoms with Crippen molar-refractivity contribution in [1.29, 1.82) is 0 Å². The van der Waals surface area contributed by atoms with Crippen molar-refractivity contribution in [3.05, 3.63) is 41.0 Å². The van der Waals surface area contributed by atoms with Crippen LogP contribution in [0.25, 0.3) is 10.4 Å². The number of carbonyl (C=O) groups excluding carboxylic acids is 1. The summed E-state index contributed by atoms with van der Waals surface area (Å²) in [5.41, 5.74) is 4.41. The lowest BCUT2D eigenvalue weighted by Crippen LogP contribution is -2.41. The van der Waals surface area contributed by atoms with Crippen LogP contribution in [-0.4, -0.2) is 39.8 Å². The topological polar surface area (TPSA) is 94.5 Å². The van der Waals surface area contributed by atoms with Crippen LogP contribution in [0.4, 0.5) is 0 Å². The quantitative estimate of drug-likeness (QED) is 0.652. The summed E-state index contributed by atoms with van der Waals surface area (Å²) >= 11 is 1.50. The van der Waals surface area contributed by atoms with Crippen LogP contribution in [0.1, 0.15) is 30.6 Å². The van der Waals surface area contributed by atoms with E-state index in [4.69, 9.17) is 0 Å². The molecule has 7 heteroatoms. The molecule has 0 aliphatic carbocycles. The molecule has 1 aliphatic rings. The number of thiazole rings is 1. The lowest BCUT2D eigenvalue weighted by atomic mass is 10.0. The van der Waals surface area contributed by atoms with Crippen LogP contribution in [0.2, 0.25) is 0 Å². The Bertz CT molecular complexity index is 701. The predicted molar refractivity (Wildman–Crippen MR) is 92.4 cm³/mol. The molecule has 24 heavy (non-hydrogen) atoms. The Kier molecular flexibility index (Phi) is 5.25. The first kappa shape index (κ1) is 17.0. The smallest absolute Gasteiger partial charge is 0.237 e. The average molecular weight is 347 g/mol. The maximum absolute atomic E-state index is 12.2. The molecule has 2 heterocycles. The lowest BCUT2D eigenvalue weighted by Gasteiger charge is -2.18. The number of benzene rings is 1. The number of nitrogens with zero attached hydrogens (tertiary/aromatic N) is 1. The molecule has 3 atom stereocenters. The molecule has 2 aromatic rings. The molecule has 1 aromatic heterocycles. The molecule has 1 saturated heterocycles. The minimum atomic E-state index is -0.449. The zero-order chi connectivity index (χ0) is 17.1. The summed E-state index contributed by atoms with van der Waals surface area (Å²) < 4.78 is 0. The van der Waals surface area contributed by atoms with Crippen molar-refractivity contribution in [3.8, 4) is 10.4 Å². The van der Waals surface area contributed by atoms with E-state index in [9.17, 15) is 15.0 Å². The van der Waals surface area contributed by atoms with Gasteiger partial charge in [-0.1, -0.05) is 24.3 Å². The summed E-state index contributed by atoms with van der Waals surface area (Å²) in [6, 6.07) is 7.44. The van der Waals surface area contributed by atoms with Crippen LogP contribution in [-0.2, 0) is 11.4 Å². The highest BCUT2D eigenvalue weighted by atomic mass is 32.1. The minimum absolute atomic E-state index is 0.0761. The molecule has 0 saturated carbocycles. The van der Waals surface area contributed by atoms with Crippen LogP contribution in [0.5, 0.6) is 0 Å². The van der Waals surface area contributed by atoms with Crippen molar-refractivity contribution in [1.82, 2.24) is 15.6 Å². The van der Waals surface area contributed by atoms with Crippen molar-refractivity contribution >= 4 is 17.2 Å². The van der Waals surface area contributed by atoms with Crippen molar-refractivity contribution in [2.75, 3.05) is 6.54 Å². The molecular formula is C17H21N3O3S. The molecule has 1 amide bonds. The monoisotopic (exact) mass is 347 g/mol. The molecule has 128 valence electrons. The summed E-state index contributed by atoms with van der Waals surface area (Å²) in [6.07, 6.45) is 0.00255. The van der Waals surface area contributed by atoms with Crippen LogP contribution in [0.15, 0.2) is 29.8 Å². The number of hydrogen-bond acceptors (Lipinski definition) is 6. The van der Waals surface area contributed by atoms with E-state index in [0.29, 0.717) is 18.7 Å². The fourth-order valence-corrected chi connectivity index (χ4v) is 3.66. The average Bonchev–Trinajstić information content (AvgIpc) is 3.23. The molecule has 0 spiro atoms. The van der Waals surface area contributed by atoms with Gasteiger partial charge in [-0.2, -0.15) is 0 Å². The van der Waals surface area contributed by atoms with Gasteiger partial charge in [0.2, 0.25) is 5.91 Å². The molecule has 0 bridgehead atoms. The van der Waals surface area contributed by atoms with E-state index in [2.05, 4.69) is 15.6 Å². The third-order valence-electron chi connectivity index (χ3n) is 4.25. The van der Waals surface area contributed by atoms with Crippen LogP contribution >= 0.6 is 11.3 Å². The Balaban J connectivity index is 1.65. The number of aromatic nitrogens is 1. The van der Waals surface area contributed by atoms with Gasteiger partial charge in [-0.25, -0.2) is 4.98 Å². The standard InChI is InChI=1S/C17H21N3O3S/c1-10(20-17(23)14-6-13(22)7-18-14)11-2-4-12(5-3-11)16-15(8-21)19-9-24-16/h2-5,9-10,13-14,18,21-22H,6-8H2,1H3,(H,20,23)/t10-,13?,14?/m0/s1. The molecule has 3 rings (SSSR count). The van der Waals surface area contributed by atoms with Crippen molar-refractivity contribution < 1.29 is 15.0 Å².